The van der Waals surface area contributed by atoms with Crippen LogP contribution in [0.3, 0.4) is 0 Å². The quantitative estimate of drug-likeness (QED) is 0.382. The highest BCUT2D eigenvalue weighted by Gasteiger charge is 2.29. The standard InChI is InChI=1S/C25H21ClN6O3/c1-14-6-9-16(26)10-18(14)28-20(33)11-32-19-5-3-2-4-17(19)22-23(32)25(34)31(13-27-22)12-21-29-24(30-35-21)15-7-8-15/h2-6,9-10,13,15H,7-8,11-12H2,1H3,(H,28,33). The maximum Gasteiger partial charge on any atom is 0.278 e. The summed E-state index contributed by atoms with van der Waals surface area (Å²) < 4.78 is 8.48. The van der Waals surface area contributed by atoms with Gasteiger partial charge in [-0.15, -0.1) is 0 Å². The number of para-hydroxylation sites is 1. The molecule has 0 unspecified atom stereocenters. The van der Waals surface area contributed by atoms with Crippen LogP contribution in [0.25, 0.3) is 21.9 Å². The predicted octanol–water partition coefficient (Wildman–Crippen LogP) is 4.26. The minimum Gasteiger partial charge on any atom is -0.337 e. The van der Waals surface area contributed by atoms with Crippen LogP contribution in [0.4, 0.5) is 5.69 Å². The number of aryl methyl sites for hydroxylation is 1. The zero-order valence-electron chi connectivity index (χ0n) is 18.9. The average Bonchev–Trinajstić information content (AvgIpc) is 3.51. The van der Waals surface area contributed by atoms with Gasteiger partial charge in [0.1, 0.15) is 24.1 Å². The van der Waals surface area contributed by atoms with Gasteiger partial charge in [0.15, 0.2) is 5.82 Å². The van der Waals surface area contributed by atoms with E-state index in [1.807, 2.05) is 37.3 Å². The fourth-order valence-electron chi connectivity index (χ4n) is 4.27. The number of amides is 1. The van der Waals surface area contributed by atoms with Crippen molar-refractivity contribution in [2.24, 2.45) is 0 Å². The molecule has 1 N–H and O–H groups in total. The highest BCUT2D eigenvalue weighted by Crippen LogP contribution is 2.38. The van der Waals surface area contributed by atoms with Crippen LogP contribution in [-0.2, 0) is 17.9 Å². The first kappa shape index (κ1) is 21.5. The molecule has 0 radical (unpaired) electrons. The summed E-state index contributed by atoms with van der Waals surface area (Å²) in [6.07, 6.45) is 3.60. The Morgan fingerprint density at radius 1 is 1.23 bits per heavy atom. The first-order valence-corrected chi connectivity index (χ1v) is 11.7. The topological polar surface area (TPSA) is 108 Å². The number of rotatable bonds is 6. The first-order valence-electron chi connectivity index (χ1n) is 11.3. The number of fused-ring (bicyclic) bond motifs is 3. The maximum atomic E-state index is 13.6. The Kier molecular flexibility index (Phi) is 5.14. The summed E-state index contributed by atoms with van der Waals surface area (Å²) in [5.41, 5.74) is 2.85. The van der Waals surface area contributed by atoms with Gasteiger partial charge in [0.2, 0.25) is 11.8 Å². The third-order valence-corrected chi connectivity index (χ3v) is 6.48. The Hall–Kier alpha value is -3.98. The lowest BCUT2D eigenvalue weighted by atomic mass is 10.2. The van der Waals surface area contributed by atoms with Crippen LogP contribution in [-0.4, -0.2) is 30.2 Å². The zero-order valence-corrected chi connectivity index (χ0v) is 19.6. The molecule has 0 saturated heterocycles. The summed E-state index contributed by atoms with van der Waals surface area (Å²) in [6, 6.07) is 12.8. The van der Waals surface area contributed by atoms with Gasteiger partial charge in [-0.25, -0.2) is 4.98 Å². The van der Waals surface area contributed by atoms with Gasteiger partial charge in [-0.2, -0.15) is 4.98 Å². The van der Waals surface area contributed by atoms with Gasteiger partial charge in [0.25, 0.3) is 5.56 Å². The van der Waals surface area contributed by atoms with Crippen molar-refractivity contribution < 1.29 is 9.32 Å². The molecule has 1 aliphatic rings. The van der Waals surface area contributed by atoms with E-state index in [-0.39, 0.29) is 24.6 Å². The van der Waals surface area contributed by atoms with Crippen LogP contribution in [0, 0.1) is 6.92 Å². The Morgan fingerprint density at radius 2 is 2.06 bits per heavy atom. The number of hydrogen-bond donors (Lipinski definition) is 1. The second kappa shape index (κ2) is 8.35. The molecular weight excluding hydrogens is 468 g/mol. The second-order valence-electron chi connectivity index (χ2n) is 8.81. The number of nitrogens with zero attached hydrogens (tertiary/aromatic N) is 5. The molecule has 3 aromatic heterocycles. The van der Waals surface area contributed by atoms with E-state index < -0.39 is 0 Å². The number of aromatic nitrogens is 5. The molecule has 1 fully saturated rings. The van der Waals surface area contributed by atoms with Crippen LogP contribution in [0.1, 0.15) is 36.0 Å². The van der Waals surface area contributed by atoms with E-state index in [2.05, 4.69) is 20.4 Å². The number of benzene rings is 2. The minimum atomic E-state index is -0.288. The van der Waals surface area contributed by atoms with Crippen molar-refractivity contribution in [1.82, 2.24) is 24.3 Å². The number of carbonyl (C=O) groups excluding carboxylic acids is 1. The molecule has 1 aliphatic carbocycles. The smallest absolute Gasteiger partial charge is 0.278 e. The van der Waals surface area contributed by atoms with Gasteiger partial charge in [-0.3, -0.25) is 14.2 Å². The van der Waals surface area contributed by atoms with E-state index in [1.165, 1.54) is 10.9 Å². The fraction of sp³-hybridized carbons (Fsp3) is 0.240. The molecule has 1 saturated carbocycles. The molecule has 1 amide bonds. The van der Waals surface area contributed by atoms with Crippen LogP contribution in [0.5, 0.6) is 0 Å². The van der Waals surface area contributed by atoms with E-state index in [4.69, 9.17) is 16.1 Å². The predicted molar refractivity (Wildman–Crippen MR) is 132 cm³/mol. The lowest BCUT2D eigenvalue weighted by Gasteiger charge is -2.11. The molecule has 10 heteroatoms. The lowest BCUT2D eigenvalue weighted by Crippen LogP contribution is -2.25. The summed E-state index contributed by atoms with van der Waals surface area (Å²) in [4.78, 5) is 35.6. The summed E-state index contributed by atoms with van der Waals surface area (Å²) in [7, 11) is 0. The maximum absolute atomic E-state index is 13.6. The third-order valence-electron chi connectivity index (χ3n) is 6.24. The van der Waals surface area contributed by atoms with Crippen LogP contribution >= 0.6 is 11.6 Å². The van der Waals surface area contributed by atoms with E-state index in [0.29, 0.717) is 39.4 Å². The molecule has 9 nitrogen and oxygen atoms in total. The van der Waals surface area contributed by atoms with E-state index in [9.17, 15) is 9.59 Å². The summed E-state index contributed by atoms with van der Waals surface area (Å²) >= 11 is 6.10. The van der Waals surface area contributed by atoms with Crippen molar-refractivity contribution in [3.8, 4) is 0 Å². The van der Waals surface area contributed by atoms with Crippen LogP contribution in [0.2, 0.25) is 5.02 Å². The molecule has 2 aromatic carbocycles. The number of nitrogens with one attached hydrogen (secondary N) is 1. The van der Waals surface area contributed by atoms with Gasteiger partial charge in [0.05, 0.1) is 11.8 Å². The van der Waals surface area contributed by atoms with Crippen molar-refractivity contribution in [2.75, 3.05) is 5.32 Å². The van der Waals surface area contributed by atoms with Crippen molar-refractivity contribution in [2.45, 2.75) is 38.8 Å². The molecule has 0 atom stereocenters. The number of anilines is 1. The van der Waals surface area contributed by atoms with Crippen LogP contribution < -0.4 is 10.9 Å². The SMILES string of the molecule is Cc1ccc(Cl)cc1NC(=O)Cn1c2ccccc2c2ncn(Cc3nc(C4CC4)no3)c(=O)c21. The molecular formula is C25H21ClN6O3. The summed E-state index contributed by atoms with van der Waals surface area (Å²) in [5, 5.41) is 8.25. The molecule has 35 heavy (non-hydrogen) atoms. The normalized spacial score (nSPS) is 13.5. The fourth-order valence-corrected chi connectivity index (χ4v) is 4.44. The largest absolute Gasteiger partial charge is 0.337 e. The molecule has 0 spiro atoms. The van der Waals surface area contributed by atoms with Crippen molar-refractivity contribution in [3.63, 3.8) is 0 Å². The van der Waals surface area contributed by atoms with Crippen molar-refractivity contribution >= 4 is 45.1 Å². The minimum absolute atomic E-state index is 0.0662. The Bertz CT molecular complexity index is 1660. The highest BCUT2D eigenvalue weighted by molar-refractivity contribution is 6.31. The Labute approximate surface area is 204 Å². The van der Waals surface area contributed by atoms with Crippen molar-refractivity contribution in [1.29, 1.82) is 0 Å². The van der Waals surface area contributed by atoms with Gasteiger partial charge in [-0.05, 0) is 43.5 Å². The van der Waals surface area contributed by atoms with E-state index in [1.54, 1.807) is 16.7 Å². The molecule has 3 heterocycles. The molecule has 6 rings (SSSR count). The zero-order chi connectivity index (χ0) is 24.1. The van der Waals surface area contributed by atoms with E-state index in [0.717, 1.165) is 29.3 Å². The van der Waals surface area contributed by atoms with Gasteiger partial charge in [0, 0.05) is 22.0 Å². The highest BCUT2D eigenvalue weighted by atomic mass is 35.5. The first-order chi connectivity index (χ1) is 17.0. The third kappa shape index (κ3) is 3.97. The second-order valence-corrected chi connectivity index (χ2v) is 9.24. The molecule has 0 bridgehead atoms. The molecule has 176 valence electrons. The average molecular weight is 489 g/mol. The molecule has 0 aliphatic heterocycles. The van der Waals surface area contributed by atoms with Gasteiger partial charge >= 0.3 is 0 Å². The number of halogens is 1. The Morgan fingerprint density at radius 3 is 2.89 bits per heavy atom. The van der Waals surface area contributed by atoms with Gasteiger partial charge < -0.3 is 14.4 Å². The summed E-state index contributed by atoms with van der Waals surface area (Å²) in [6.45, 7) is 1.93. The lowest BCUT2D eigenvalue weighted by molar-refractivity contribution is -0.116. The van der Waals surface area contributed by atoms with Crippen molar-refractivity contribution in [3.05, 3.63) is 81.4 Å². The summed E-state index contributed by atoms with van der Waals surface area (Å²) in [5.74, 6) is 1.11. The van der Waals surface area contributed by atoms with E-state index >= 15 is 0 Å². The van der Waals surface area contributed by atoms with Gasteiger partial charge in [-0.1, -0.05) is 41.0 Å². The number of hydrogen-bond acceptors (Lipinski definition) is 6. The monoisotopic (exact) mass is 488 g/mol. The van der Waals surface area contributed by atoms with Crippen LogP contribution in [0.15, 0.2) is 58.1 Å². The number of carbonyl (C=O) groups is 1. The molecule has 5 aromatic rings. The Balaban J connectivity index is 1.39.